The predicted molar refractivity (Wildman–Crippen MR) is 48.9 cm³/mol. The Labute approximate surface area is 73.7 Å². The number of rotatable bonds is 5. The average Bonchev–Trinajstić information content (AvgIpc) is 1.87. The van der Waals surface area contributed by atoms with Crippen molar-refractivity contribution in [1.82, 2.24) is 0 Å². The van der Waals surface area contributed by atoms with Crippen molar-refractivity contribution in [2.24, 2.45) is 5.92 Å². The van der Waals surface area contributed by atoms with Crippen molar-refractivity contribution in [2.45, 2.75) is 26.7 Å². The van der Waals surface area contributed by atoms with Gasteiger partial charge in [0.2, 0.25) is 0 Å². The maximum absolute atomic E-state index is 10.8. The van der Waals surface area contributed by atoms with Gasteiger partial charge in [-0.2, -0.15) is 12.6 Å². The number of hydrogen-bond acceptors (Lipinski definition) is 3. The summed E-state index contributed by atoms with van der Waals surface area (Å²) in [5, 5.41) is 0. The predicted octanol–water partition coefficient (Wildman–Crippen LogP) is 1.90. The van der Waals surface area contributed by atoms with E-state index in [1.807, 2.05) is 0 Å². The summed E-state index contributed by atoms with van der Waals surface area (Å²) in [5.74, 6) is 1.03. The van der Waals surface area contributed by atoms with E-state index < -0.39 is 0 Å². The molecule has 11 heavy (non-hydrogen) atoms. The third-order valence-corrected chi connectivity index (χ3v) is 1.50. The van der Waals surface area contributed by atoms with E-state index in [9.17, 15) is 4.79 Å². The van der Waals surface area contributed by atoms with Crippen LogP contribution in [0, 0.1) is 5.92 Å². The molecule has 0 bridgehead atoms. The lowest BCUT2D eigenvalue weighted by Crippen LogP contribution is -2.07. The summed E-state index contributed by atoms with van der Waals surface area (Å²) in [7, 11) is 0. The number of esters is 1. The Kier molecular flexibility index (Phi) is 6.42. The molecule has 0 aromatic heterocycles. The van der Waals surface area contributed by atoms with Crippen molar-refractivity contribution < 1.29 is 9.53 Å². The SMILES string of the molecule is CC(C)CCOC(=O)CCS. The molecule has 0 aliphatic rings. The van der Waals surface area contributed by atoms with E-state index in [-0.39, 0.29) is 5.97 Å². The second-order valence-corrected chi connectivity index (χ2v) is 3.32. The van der Waals surface area contributed by atoms with Crippen LogP contribution < -0.4 is 0 Å². The Balaban J connectivity index is 3.17. The van der Waals surface area contributed by atoms with Crippen LogP contribution in [0.2, 0.25) is 0 Å². The van der Waals surface area contributed by atoms with Crippen LogP contribution in [0.3, 0.4) is 0 Å². The highest BCUT2D eigenvalue weighted by Gasteiger charge is 2.00. The van der Waals surface area contributed by atoms with Crippen LogP contribution in [0.25, 0.3) is 0 Å². The minimum Gasteiger partial charge on any atom is -0.466 e. The molecule has 0 amide bonds. The first-order valence-electron chi connectivity index (χ1n) is 3.93. The zero-order valence-corrected chi connectivity index (χ0v) is 8.06. The Hall–Kier alpha value is -0.180. The minimum absolute atomic E-state index is 0.138. The third-order valence-electron chi connectivity index (χ3n) is 1.27. The molecule has 3 heteroatoms. The van der Waals surface area contributed by atoms with Crippen molar-refractivity contribution in [3.63, 3.8) is 0 Å². The summed E-state index contributed by atoms with van der Waals surface area (Å²) in [6.07, 6.45) is 1.36. The van der Waals surface area contributed by atoms with Crippen molar-refractivity contribution in [1.29, 1.82) is 0 Å². The molecule has 0 N–H and O–H groups in total. The molecule has 0 aromatic carbocycles. The fourth-order valence-electron chi connectivity index (χ4n) is 0.572. The summed E-state index contributed by atoms with van der Waals surface area (Å²) in [5.41, 5.74) is 0. The zero-order valence-electron chi connectivity index (χ0n) is 7.17. The van der Waals surface area contributed by atoms with E-state index in [1.54, 1.807) is 0 Å². The van der Waals surface area contributed by atoms with Crippen LogP contribution in [-0.2, 0) is 9.53 Å². The highest BCUT2D eigenvalue weighted by molar-refractivity contribution is 7.80. The van der Waals surface area contributed by atoms with Gasteiger partial charge in [0, 0.05) is 5.75 Å². The Morgan fingerprint density at radius 3 is 2.64 bits per heavy atom. The van der Waals surface area contributed by atoms with E-state index in [0.29, 0.717) is 24.7 Å². The molecule has 0 saturated carbocycles. The van der Waals surface area contributed by atoms with Gasteiger partial charge in [-0.05, 0) is 12.3 Å². The third kappa shape index (κ3) is 7.72. The molecule has 0 fully saturated rings. The van der Waals surface area contributed by atoms with Gasteiger partial charge in [0.05, 0.1) is 13.0 Å². The maximum Gasteiger partial charge on any atom is 0.306 e. The molecule has 2 nitrogen and oxygen atoms in total. The van der Waals surface area contributed by atoms with Crippen LogP contribution in [0.15, 0.2) is 0 Å². The molecule has 0 atom stereocenters. The lowest BCUT2D eigenvalue weighted by atomic mass is 10.1. The normalized spacial score (nSPS) is 10.2. The molecule has 0 aliphatic carbocycles. The second-order valence-electron chi connectivity index (χ2n) is 2.88. The molecule has 0 aliphatic heterocycles. The van der Waals surface area contributed by atoms with Crippen molar-refractivity contribution in [3.8, 4) is 0 Å². The number of hydrogen-bond donors (Lipinski definition) is 1. The zero-order chi connectivity index (χ0) is 8.69. The molecule has 0 saturated heterocycles. The van der Waals surface area contributed by atoms with E-state index >= 15 is 0 Å². The first-order chi connectivity index (χ1) is 5.16. The van der Waals surface area contributed by atoms with Gasteiger partial charge in [0.15, 0.2) is 0 Å². The van der Waals surface area contributed by atoms with Gasteiger partial charge < -0.3 is 4.74 Å². The quantitative estimate of drug-likeness (QED) is 0.511. The summed E-state index contributed by atoms with van der Waals surface area (Å²) in [6.45, 7) is 4.75. The van der Waals surface area contributed by atoms with Crippen LogP contribution >= 0.6 is 12.6 Å². The van der Waals surface area contributed by atoms with Gasteiger partial charge in [-0.1, -0.05) is 13.8 Å². The molecule has 0 rings (SSSR count). The molecular weight excluding hydrogens is 160 g/mol. The summed E-state index contributed by atoms with van der Waals surface area (Å²) < 4.78 is 4.91. The van der Waals surface area contributed by atoms with Crippen molar-refractivity contribution in [3.05, 3.63) is 0 Å². The van der Waals surface area contributed by atoms with Crippen LogP contribution in [0.5, 0.6) is 0 Å². The molecule has 0 unspecified atom stereocenters. The van der Waals surface area contributed by atoms with Gasteiger partial charge in [-0.15, -0.1) is 0 Å². The number of ether oxygens (including phenoxy) is 1. The van der Waals surface area contributed by atoms with E-state index in [0.717, 1.165) is 6.42 Å². The molecule has 0 heterocycles. The second kappa shape index (κ2) is 6.53. The lowest BCUT2D eigenvalue weighted by molar-refractivity contribution is -0.143. The first-order valence-corrected chi connectivity index (χ1v) is 4.56. The topological polar surface area (TPSA) is 26.3 Å². The smallest absolute Gasteiger partial charge is 0.306 e. The largest absolute Gasteiger partial charge is 0.466 e. The highest BCUT2D eigenvalue weighted by atomic mass is 32.1. The minimum atomic E-state index is -0.138. The highest BCUT2D eigenvalue weighted by Crippen LogP contribution is 1.99. The molecule has 0 radical (unpaired) electrons. The Bertz CT molecular complexity index is 113. The van der Waals surface area contributed by atoms with Gasteiger partial charge in [-0.25, -0.2) is 0 Å². The summed E-state index contributed by atoms with van der Waals surface area (Å²) in [6, 6.07) is 0. The Morgan fingerprint density at radius 2 is 2.18 bits per heavy atom. The molecule has 0 aromatic rings. The molecule has 66 valence electrons. The fourth-order valence-corrected chi connectivity index (χ4v) is 0.754. The Morgan fingerprint density at radius 1 is 1.55 bits per heavy atom. The number of carbonyl (C=O) groups excluding carboxylic acids is 1. The van der Waals surface area contributed by atoms with Crippen LogP contribution in [0.1, 0.15) is 26.7 Å². The first kappa shape index (κ1) is 10.8. The average molecular weight is 176 g/mol. The van der Waals surface area contributed by atoms with Gasteiger partial charge in [0.25, 0.3) is 0 Å². The van der Waals surface area contributed by atoms with Gasteiger partial charge in [0.1, 0.15) is 0 Å². The van der Waals surface area contributed by atoms with Crippen molar-refractivity contribution >= 4 is 18.6 Å². The van der Waals surface area contributed by atoms with Crippen LogP contribution in [0.4, 0.5) is 0 Å². The maximum atomic E-state index is 10.8. The van der Waals surface area contributed by atoms with E-state index in [4.69, 9.17) is 4.74 Å². The molecule has 0 spiro atoms. The molecular formula is C8H16O2S. The van der Waals surface area contributed by atoms with E-state index in [2.05, 4.69) is 26.5 Å². The van der Waals surface area contributed by atoms with Crippen molar-refractivity contribution in [2.75, 3.05) is 12.4 Å². The summed E-state index contributed by atoms with van der Waals surface area (Å²) >= 11 is 3.92. The van der Waals surface area contributed by atoms with Gasteiger partial charge in [-0.3, -0.25) is 4.79 Å². The number of carbonyl (C=O) groups is 1. The lowest BCUT2D eigenvalue weighted by Gasteiger charge is -2.05. The van der Waals surface area contributed by atoms with Gasteiger partial charge >= 0.3 is 5.97 Å². The summed E-state index contributed by atoms with van der Waals surface area (Å²) in [4.78, 5) is 10.8. The van der Waals surface area contributed by atoms with Crippen LogP contribution in [-0.4, -0.2) is 18.3 Å². The monoisotopic (exact) mass is 176 g/mol. The van der Waals surface area contributed by atoms with E-state index in [1.165, 1.54) is 0 Å². The standard InChI is InChI=1S/C8H16O2S/c1-7(2)3-5-10-8(9)4-6-11/h7,11H,3-6H2,1-2H3. The fraction of sp³-hybridized carbons (Fsp3) is 0.875. The number of thiol groups is 1.